The van der Waals surface area contributed by atoms with Crippen molar-refractivity contribution in [2.75, 3.05) is 0 Å². The summed E-state index contributed by atoms with van der Waals surface area (Å²) in [6, 6.07) is 1.83. The number of rotatable bonds is 1. The summed E-state index contributed by atoms with van der Waals surface area (Å²) in [6.07, 6.45) is 1.76. The van der Waals surface area contributed by atoms with Crippen LogP contribution in [0.1, 0.15) is 12.1 Å². The summed E-state index contributed by atoms with van der Waals surface area (Å²) in [5.74, 6) is 0.00183. The molecule has 0 radical (unpaired) electrons. The molecule has 7 heteroatoms. The van der Waals surface area contributed by atoms with Crippen LogP contribution < -0.4 is 17.0 Å². The Morgan fingerprint density at radius 3 is 3.00 bits per heavy atom. The lowest BCUT2D eigenvalue weighted by Crippen LogP contribution is -2.23. The molecule has 0 fully saturated rings. The van der Waals surface area contributed by atoms with Crippen LogP contribution in [0.5, 0.6) is 0 Å². The maximum absolute atomic E-state index is 12.3. The number of H-pyrrole nitrogens is 1. The monoisotopic (exact) mass is 309 g/mol. The van der Waals surface area contributed by atoms with Crippen molar-refractivity contribution in [3.05, 3.63) is 26.7 Å². The van der Waals surface area contributed by atoms with E-state index in [2.05, 4.69) is 25.9 Å². The quantitative estimate of drug-likeness (QED) is 0.539. The molecule has 6 nitrogen and oxygen atoms in total. The zero-order chi connectivity index (χ0) is 12.9. The lowest BCUT2D eigenvalue weighted by molar-refractivity contribution is 0.725. The van der Waals surface area contributed by atoms with Gasteiger partial charge in [-0.15, -0.1) is 0 Å². The van der Waals surface area contributed by atoms with Crippen molar-refractivity contribution >= 4 is 38.5 Å². The lowest BCUT2D eigenvalue weighted by Gasteiger charge is -2.08. The number of guanidine groups is 1. The molecule has 2 aromatic rings. The summed E-state index contributed by atoms with van der Waals surface area (Å²) >= 11 is 3.33. The van der Waals surface area contributed by atoms with Crippen LogP contribution >= 0.6 is 15.9 Å². The van der Waals surface area contributed by atoms with Gasteiger partial charge in [-0.1, -0.05) is 0 Å². The zero-order valence-electron chi connectivity index (χ0n) is 9.53. The molecule has 5 N–H and O–H groups in total. The van der Waals surface area contributed by atoms with Gasteiger partial charge in [0.2, 0.25) is 0 Å². The fourth-order valence-electron chi connectivity index (χ4n) is 2.47. The maximum atomic E-state index is 12.3. The Kier molecular flexibility index (Phi) is 2.44. The normalized spacial score (nSPS) is 13.8. The van der Waals surface area contributed by atoms with Crippen LogP contribution in [0.15, 0.2) is 20.5 Å². The van der Waals surface area contributed by atoms with E-state index in [9.17, 15) is 4.79 Å². The Morgan fingerprint density at radius 2 is 2.28 bits per heavy atom. The van der Waals surface area contributed by atoms with Gasteiger partial charge in [0.05, 0.1) is 10.3 Å². The van der Waals surface area contributed by atoms with E-state index in [0.29, 0.717) is 17.7 Å². The second-order valence-electron chi connectivity index (χ2n) is 4.30. The predicted molar refractivity (Wildman–Crippen MR) is 74.0 cm³/mol. The molecule has 0 saturated carbocycles. The summed E-state index contributed by atoms with van der Waals surface area (Å²) < 4.78 is 2.48. The molecule has 94 valence electrons. The molecule has 0 aliphatic carbocycles. The average molecular weight is 310 g/mol. The van der Waals surface area contributed by atoms with Gasteiger partial charge in [-0.2, -0.15) is 0 Å². The van der Waals surface area contributed by atoms with Gasteiger partial charge in [0.1, 0.15) is 5.52 Å². The standard InChI is InChI=1S/C11H12BrN5O/c12-7-4-5-8(16-11(13)14)6-2-1-3-17(6)10(18)9(5)15-7/h4,15H,1-3H2,(H4,13,14,16). The Hall–Kier alpha value is -1.76. The van der Waals surface area contributed by atoms with Crippen LogP contribution in [-0.2, 0) is 13.0 Å². The Morgan fingerprint density at radius 1 is 1.50 bits per heavy atom. The molecule has 1 aliphatic rings. The molecule has 0 amide bonds. The largest absolute Gasteiger partial charge is 0.370 e. The van der Waals surface area contributed by atoms with E-state index >= 15 is 0 Å². The van der Waals surface area contributed by atoms with E-state index in [-0.39, 0.29) is 11.5 Å². The highest BCUT2D eigenvalue weighted by Gasteiger charge is 2.21. The van der Waals surface area contributed by atoms with Gasteiger partial charge >= 0.3 is 0 Å². The summed E-state index contributed by atoms with van der Waals surface area (Å²) in [5.41, 5.74) is 13.1. The molecular formula is C11H12BrN5O. The number of nitrogens with zero attached hydrogens (tertiary/aromatic N) is 2. The van der Waals surface area contributed by atoms with Gasteiger partial charge in [-0.3, -0.25) is 4.79 Å². The van der Waals surface area contributed by atoms with Gasteiger partial charge in [-0.05, 0) is 34.8 Å². The Balaban J connectivity index is 2.48. The number of nitrogens with two attached hydrogens (primary N) is 2. The van der Waals surface area contributed by atoms with Crippen molar-refractivity contribution in [3.8, 4) is 0 Å². The lowest BCUT2D eigenvalue weighted by atomic mass is 10.2. The van der Waals surface area contributed by atoms with Gasteiger partial charge < -0.3 is 21.0 Å². The summed E-state index contributed by atoms with van der Waals surface area (Å²) in [6.45, 7) is 0.716. The molecule has 2 aromatic heterocycles. The molecule has 0 bridgehead atoms. The van der Waals surface area contributed by atoms with Crippen molar-refractivity contribution in [2.45, 2.75) is 19.4 Å². The molecule has 0 aromatic carbocycles. The van der Waals surface area contributed by atoms with Crippen molar-refractivity contribution < 1.29 is 0 Å². The Bertz CT molecular complexity index is 723. The third-order valence-electron chi connectivity index (χ3n) is 3.13. The number of aromatic nitrogens is 2. The summed E-state index contributed by atoms with van der Waals surface area (Å²) in [7, 11) is 0. The number of fused-ring (bicyclic) bond motifs is 2. The minimum absolute atomic E-state index is 0.00183. The fourth-order valence-corrected chi connectivity index (χ4v) is 2.89. The van der Waals surface area contributed by atoms with Gasteiger partial charge in [0, 0.05) is 17.6 Å². The second-order valence-corrected chi connectivity index (χ2v) is 5.15. The molecule has 1 aliphatic heterocycles. The van der Waals surface area contributed by atoms with E-state index in [1.165, 1.54) is 0 Å². The molecule has 0 saturated heterocycles. The van der Waals surface area contributed by atoms with E-state index < -0.39 is 0 Å². The molecule has 3 rings (SSSR count). The van der Waals surface area contributed by atoms with Crippen LogP contribution in [0, 0.1) is 0 Å². The minimum atomic E-state index is -0.0160. The number of hydrogen-bond donors (Lipinski definition) is 3. The maximum Gasteiger partial charge on any atom is 0.275 e. The number of nitrogens with one attached hydrogen (secondary N) is 1. The highest BCUT2D eigenvalue weighted by Crippen LogP contribution is 2.33. The summed E-state index contributed by atoms with van der Waals surface area (Å²) in [5, 5.41) is 0.758. The van der Waals surface area contributed by atoms with Crippen molar-refractivity contribution in [2.24, 2.45) is 16.5 Å². The molecule has 0 spiro atoms. The molecule has 0 unspecified atom stereocenters. The first-order chi connectivity index (χ1) is 8.58. The smallest absolute Gasteiger partial charge is 0.275 e. The Labute approximate surface area is 111 Å². The number of hydrogen-bond acceptors (Lipinski definition) is 2. The van der Waals surface area contributed by atoms with E-state index in [1.54, 1.807) is 4.57 Å². The van der Waals surface area contributed by atoms with Crippen molar-refractivity contribution in [1.29, 1.82) is 0 Å². The topological polar surface area (TPSA) is 102 Å². The zero-order valence-corrected chi connectivity index (χ0v) is 11.1. The van der Waals surface area contributed by atoms with E-state index in [1.807, 2.05) is 6.07 Å². The number of aliphatic imine (C=N–C) groups is 1. The number of pyridine rings is 1. The van der Waals surface area contributed by atoms with Gasteiger partial charge in [0.25, 0.3) is 5.56 Å². The van der Waals surface area contributed by atoms with Crippen LogP contribution in [0.4, 0.5) is 5.69 Å². The fraction of sp³-hybridized carbons (Fsp3) is 0.273. The van der Waals surface area contributed by atoms with Crippen LogP contribution in [0.2, 0.25) is 0 Å². The summed E-state index contributed by atoms with van der Waals surface area (Å²) in [4.78, 5) is 19.5. The predicted octanol–water partition coefficient (Wildman–Crippen LogP) is 0.943. The third kappa shape index (κ3) is 1.54. The second kappa shape index (κ2) is 3.88. The molecule has 18 heavy (non-hydrogen) atoms. The van der Waals surface area contributed by atoms with E-state index in [0.717, 1.165) is 28.5 Å². The first kappa shape index (κ1) is 11.3. The molecule has 3 heterocycles. The van der Waals surface area contributed by atoms with Crippen LogP contribution in [0.25, 0.3) is 10.9 Å². The number of halogens is 1. The van der Waals surface area contributed by atoms with Crippen molar-refractivity contribution in [3.63, 3.8) is 0 Å². The SMILES string of the molecule is NC(N)=Nc1c2n(c(=O)c3[nH]c(Br)cc13)CCC2. The van der Waals surface area contributed by atoms with Crippen LogP contribution in [0.3, 0.4) is 0 Å². The third-order valence-corrected chi connectivity index (χ3v) is 3.56. The van der Waals surface area contributed by atoms with Crippen LogP contribution in [-0.4, -0.2) is 15.5 Å². The van der Waals surface area contributed by atoms with Crippen molar-refractivity contribution in [1.82, 2.24) is 9.55 Å². The average Bonchev–Trinajstić information content (AvgIpc) is 2.89. The van der Waals surface area contributed by atoms with E-state index in [4.69, 9.17) is 11.5 Å². The number of aromatic amines is 1. The molecular weight excluding hydrogens is 298 g/mol. The van der Waals surface area contributed by atoms with Gasteiger partial charge in [0.15, 0.2) is 5.96 Å². The first-order valence-electron chi connectivity index (χ1n) is 5.61. The minimum Gasteiger partial charge on any atom is -0.370 e. The highest BCUT2D eigenvalue weighted by molar-refractivity contribution is 9.10. The first-order valence-corrected chi connectivity index (χ1v) is 6.41. The molecule has 0 atom stereocenters. The highest BCUT2D eigenvalue weighted by atomic mass is 79.9. The van der Waals surface area contributed by atoms with Gasteiger partial charge in [-0.25, -0.2) is 4.99 Å².